The maximum atomic E-state index is 14.2. The van der Waals surface area contributed by atoms with Gasteiger partial charge in [-0.05, 0) is 24.3 Å². The molecule has 0 aliphatic rings. The van der Waals surface area contributed by atoms with Crippen LogP contribution in [0.15, 0.2) is 49.1 Å². The van der Waals surface area contributed by atoms with Crippen molar-refractivity contribution in [3.8, 4) is 11.5 Å². The van der Waals surface area contributed by atoms with E-state index < -0.39 is 5.82 Å². The van der Waals surface area contributed by atoms with Gasteiger partial charge in [-0.25, -0.2) is 19.3 Å². The Kier molecular flexibility index (Phi) is 5.44. The molecule has 0 saturated carbocycles. The van der Waals surface area contributed by atoms with E-state index in [1.165, 1.54) is 12.4 Å². The van der Waals surface area contributed by atoms with Crippen LogP contribution < -0.4 is 14.8 Å². The van der Waals surface area contributed by atoms with Gasteiger partial charge < -0.3 is 19.8 Å². The lowest BCUT2D eigenvalue weighted by molar-refractivity contribution is 0.296. The van der Waals surface area contributed by atoms with Crippen molar-refractivity contribution < 1.29 is 13.9 Å². The number of anilines is 2. The summed E-state index contributed by atoms with van der Waals surface area (Å²) < 4.78 is 25.5. The van der Waals surface area contributed by atoms with Crippen molar-refractivity contribution in [1.29, 1.82) is 0 Å². The van der Waals surface area contributed by atoms with Gasteiger partial charge in [0.25, 0.3) is 0 Å². The number of ether oxygens (including phenoxy) is 2. The standard InChI is InChI=1S/C20H17ClFN5O2/c1-28-17-9-13-16(10-18(17)29-7-4-19-23-5-6-24-19)25-11-26-20(13)27-15-3-2-12(21)8-14(15)22/h2-3,5-6,8-11H,4,7H2,1H3,(H,23,24)(H,25,26,27). The molecule has 2 N–H and O–H groups in total. The molecule has 0 spiro atoms. The quantitative estimate of drug-likeness (QED) is 0.463. The zero-order valence-corrected chi connectivity index (χ0v) is 16.2. The van der Waals surface area contributed by atoms with E-state index in [9.17, 15) is 4.39 Å². The van der Waals surface area contributed by atoms with E-state index in [0.29, 0.717) is 46.3 Å². The van der Waals surface area contributed by atoms with Crippen LogP contribution in [-0.2, 0) is 6.42 Å². The van der Waals surface area contributed by atoms with Crippen molar-refractivity contribution >= 4 is 34.0 Å². The number of halogens is 2. The number of hydrogen-bond donors (Lipinski definition) is 2. The van der Waals surface area contributed by atoms with Crippen LogP contribution in [0.4, 0.5) is 15.9 Å². The van der Waals surface area contributed by atoms with E-state index in [2.05, 4.69) is 25.3 Å². The molecule has 0 unspecified atom stereocenters. The lowest BCUT2D eigenvalue weighted by atomic mass is 10.2. The number of aromatic amines is 1. The number of rotatable bonds is 7. The van der Waals surface area contributed by atoms with Gasteiger partial charge in [0, 0.05) is 35.3 Å². The van der Waals surface area contributed by atoms with Crippen LogP contribution in [0.25, 0.3) is 10.9 Å². The van der Waals surface area contributed by atoms with Crippen molar-refractivity contribution in [2.45, 2.75) is 6.42 Å². The largest absolute Gasteiger partial charge is 0.493 e. The van der Waals surface area contributed by atoms with Crippen LogP contribution >= 0.6 is 11.6 Å². The number of imidazole rings is 1. The summed E-state index contributed by atoms with van der Waals surface area (Å²) in [6.07, 6.45) is 5.49. The average Bonchev–Trinajstić information content (AvgIpc) is 3.23. The zero-order chi connectivity index (χ0) is 20.2. The average molecular weight is 414 g/mol. The molecule has 0 fully saturated rings. The van der Waals surface area contributed by atoms with Crippen molar-refractivity contribution in [2.75, 3.05) is 19.0 Å². The van der Waals surface area contributed by atoms with E-state index >= 15 is 0 Å². The zero-order valence-electron chi connectivity index (χ0n) is 15.4. The fourth-order valence-corrected chi connectivity index (χ4v) is 3.01. The first-order valence-corrected chi connectivity index (χ1v) is 9.17. The Morgan fingerprint density at radius 2 is 2.03 bits per heavy atom. The number of aromatic nitrogens is 4. The maximum Gasteiger partial charge on any atom is 0.163 e. The molecule has 9 heteroatoms. The highest BCUT2D eigenvalue weighted by Crippen LogP contribution is 2.35. The Morgan fingerprint density at radius 3 is 2.79 bits per heavy atom. The molecular formula is C20H17ClFN5O2. The Labute approximate surface area is 170 Å². The molecule has 0 bridgehead atoms. The predicted molar refractivity (Wildman–Crippen MR) is 109 cm³/mol. The van der Waals surface area contributed by atoms with Crippen LogP contribution in [0.1, 0.15) is 5.82 Å². The molecular weight excluding hydrogens is 397 g/mol. The van der Waals surface area contributed by atoms with Crippen LogP contribution in [0, 0.1) is 5.82 Å². The number of nitrogens with one attached hydrogen (secondary N) is 2. The Hall–Kier alpha value is -3.39. The Bertz CT molecular complexity index is 1140. The molecule has 2 aromatic heterocycles. The summed E-state index contributed by atoms with van der Waals surface area (Å²) in [6, 6.07) is 7.91. The van der Waals surface area contributed by atoms with E-state index in [1.807, 2.05) is 0 Å². The van der Waals surface area contributed by atoms with Crippen molar-refractivity contribution in [2.24, 2.45) is 0 Å². The summed E-state index contributed by atoms with van der Waals surface area (Å²) in [5, 5.41) is 3.96. The molecule has 0 amide bonds. The minimum atomic E-state index is -0.478. The summed E-state index contributed by atoms with van der Waals surface area (Å²) in [7, 11) is 1.55. The van der Waals surface area contributed by atoms with E-state index in [1.54, 1.807) is 43.8 Å². The van der Waals surface area contributed by atoms with E-state index in [4.69, 9.17) is 21.1 Å². The summed E-state index contributed by atoms with van der Waals surface area (Å²) in [5.41, 5.74) is 0.887. The van der Waals surface area contributed by atoms with Crippen LogP contribution in [0.2, 0.25) is 5.02 Å². The summed E-state index contributed by atoms with van der Waals surface area (Å²) in [5.74, 6) is 1.87. The molecule has 0 radical (unpaired) electrons. The monoisotopic (exact) mass is 413 g/mol. The van der Waals surface area contributed by atoms with Gasteiger partial charge in [-0.15, -0.1) is 0 Å². The fourth-order valence-electron chi connectivity index (χ4n) is 2.85. The maximum absolute atomic E-state index is 14.2. The smallest absolute Gasteiger partial charge is 0.163 e. The fraction of sp³-hybridized carbons (Fsp3) is 0.150. The molecule has 2 heterocycles. The van der Waals surface area contributed by atoms with E-state index in [-0.39, 0.29) is 5.69 Å². The molecule has 4 rings (SSSR count). The van der Waals surface area contributed by atoms with Crippen molar-refractivity contribution in [3.05, 3.63) is 65.7 Å². The number of nitrogens with zero attached hydrogens (tertiary/aromatic N) is 3. The second kappa shape index (κ2) is 8.32. The minimum absolute atomic E-state index is 0.257. The van der Waals surface area contributed by atoms with Crippen molar-refractivity contribution in [3.63, 3.8) is 0 Å². The van der Waals surface area contributed by atoms with Crippen LogP contribution in [0.3, 0.4) is 0 Å². The van der Waals surface area contributed by atoms with Gasteiger partial charge in [0.15, 0.2) is 11.5 Å². The lowest BCUT2D eigenvalue weighted by Crippen LogP contribution is -2.04. The van der Waals surface area contributed by atoms with Gasteiger partial charge in [0.1, 0.15) is 23.8 Å². The lowest BCUT2D eigenvalue weighted by Gasteiger charge is -2.14. The van der Waals surface area contributed by atoms with E-state index in [0.717, 1.165) is 5.82 Å². The molecule has 0 aliphatic carbocycles. The number of benzene rings is 2. The first-order valence-electron chi connectivity index (χ1n) is 8.80. The Balaban J connectivity index is 1.62. The highest BCUT2D eigenvalue weighted by molar-refractivity contribution is 6.30. The predicted octanol–water partition coefficient (Wildman–Crippen LogP) is 4.52. The van der Waals surface area contributed by atoms with Gasteiger partial charge >= 0.3 is 0 Å². The van der Waals surface area contributed by atoms with Gasteiger partial charge in [-0.2, -0.15) is 0 Å². The number of fused-ring (bicyclic) bond motifs is 1. The third kappa shape index (κ3) is 4.22. The summed E-state index contributed by atoms with van der Waals surface area (Å²) >= 11 is 5.82. The molecule has 2 aromatic carbocycles. The van der Waals surface area contributed by atoms with Crippen LogP contribution in [-0.4, -0.2) is 33.7 Å². The molecule has 7 nitrogen and oxygen atoms in total. The number of methoxy groups -OCH3 is 1. The number of hydrogen-bond acceptors (Lipinski definition) is 6. The Morgan fingerprint density at radius 1 is 1.14 bits per heavy atom. The third-order valence-electron chi connectivity index (χ3n) is 4.26. The molecule has 0 saturated heterocycles. The van der Waals surface area contributed by atoms with Gasteiger partial charge in [-0.3, -0.25) is 0 Å². The molecule has 0 aliphatic heterocycles. The van der Waals surface area contributed by atoms with Gasteiger partial charge in [0.2, 0.25) is 0 Å². The molecule has 4 aromatic rings. The number of H-pyrrole nitrogens is 1. The molecule has 29 heavy (non-hydrogen) atoms. The second-order valence-corrected chi connectivity index (χ2v) is 6.56. The first-order chi connectivity index (χ1) is 14.1. The molecule has 0 atom stereocenters. The topological polar surface area (TPSA) is 84.9 Å². The van der Waals surface area contributed by atoms with Gasteiger partial charge in [-0.1, -0.05) is 11.6 Å². The minimum Gasteiger partial charge on any atom is -0.493 e. The normalized spacial score (nSPS) is 10.9. The SMILES string of the molecule is COc1cc2c(Nc3ccc(Cl)cc3F)ncnc2cc1OCCc1ncc[nH]1. The van der Waals surface area contributed by atoms with Crippen LogP contribution in [0.5, 0.6) is 11.5 Å². The molecule has 148 valence electrons. The highest BCUT2D eigenvalue weighted by Gasteiger charge is 2.13. The second-order valence-electron chi connectivity index (χ2n) is 6.13. The summed E-state index contributed by atoms with van der Waals surface area (Å²) in [6.45, 7) is 0.418. The third-order valence-corrected chi connectivity index (χ3v) is 4.49. The summed E-state index contributed by atoms with van der Waals surface area (Å²) in [4.78, 5) is 15.7. The van der Waals surface area contributed by atoms with Gasteiger partial charge in [0.05, 0.1) is 24.9 Å². The highest BCUT2D eigenvalue weighted by atomic mass is 35.5. The first kappa shape index (κ1) is 18.9. The van der Waals surface area contributed by atoms with Crippen molar-refractivity contribution in [1.82, 2.24) is 19.9 Å².